The number of ether oxygens (including phenoxy) is 2. The Morgan fingerprint density at radius 2 is 2.50 bits per heavy atom. The molecule has 0 aromatic carbocycles. The number of rotatable bonds is 3. The minimum absolute atomic E-state index is 0.0292. The first-order valence-corrected chi connectivity index (χ1v) is 7.20. The van der Waals surface area contributed by atoms with Crippen LogP contribution in [0.1, 0.15) is 26.2 Å². The average molecular weight is 276 g/mol. The number of carbonyl (C=O) groups excluding carboxylic acids is 1. The van der Waals surface area contributed by atoms with Crippen molar-refractivity contribution in [2.45, 2.75) is 37.9 Å². The summed E-state index contributed by atoms with van der Waals surface area (Å²) >= 11 is 0. The summed E-state index contributed by atoms with van der Waals surface area (Å²) in [6.45, 7) is 3.96. The summed E-state index contributed by atoms with van der Waals surface area (Å²) in [4.78, 5) is 17.8. The number of carbonyl (C=O) groups is 1. The van der Waals surface area contributed by atoms with Crippen LogP contribution < -0.4 is 4.74 Å². The number of nitrogens with zero attached hydrogens (tertiary/aromatic N) is 2. The Hall–Kier alpha value is -1.62. The second kappa shape index (κ2) is 5.40. The molecule has 1 aromatic rings. The van der Waals surface area contributed by atoms with Crippen molar-refractivity contribution in [2.24, 2.45) is 0 Å². The Kier molecular flexibility index (Phi) is 3.61. The van der Waals surface area contributed by atoms with Gasteiger partial charge in [-0.15, -0.1) is 0 Å². The molecule has 5 heteroatoms. The summed E-state index contributed by atoms with van der Waals surface area (Å²) in [6.07, 6.45) is 4.04. The lowest BCUT2D eigenvalue weighted by atomic mass is 9.98. The number of pyridine rings is 1. The molecule has 0 aliphatic carbocycles. The van der Waals surface area contributed by atoms with E-state index in [0.29, 0.717) is 25.5 Å². The van der Waals surface area contributed by atoms with Gasteiger partial charge in [-0.05, 0) is 12.5 Å². The molecule has 1 spiro atoms. The zero-order chi connectivity index (χ0) is 14.0. The summed E-state index contributed by atoms with van der Waals surface area (Å²) in [6, 6.07) is 5.63. The second-order valence-corrected chi connectivity index (χ2v) is 5.52. The van der Waals surface area contributed by atoms with Crippen LogP contribution in [0.15, 0.2) is 24.4 Å². The lowest BCUT2D eigenvalue weighted by Gasteiger charge is -2.23. The molecule has 2 aliphatic rings. The van der Waals surface area contributed by atoms with E-state index in [4.69, 9.17) is 9.47 Å². The van der Waals surface area contributed by atoms with Gasteiger partial charge in [0.2, 0.25) is 11.8 Å². The number of amides is 1. The van der Waals surface area contributed by atoms with Crippen LogP contribution in [0.5, 0.6) is 5.88 Å². The fourth-order valence-corrected chi connectivity index (χ4v) is 3.03. The van der Waals surface area contributed by atoms with Crippen molar-refractivity contribution in [3.63, 3.8) is 0 Å². The second-order valence-electron chi connectivity index (χ2n) is 5.52. The largest absolute Gasteiger partial charge is 0.472 e. The zero-order valence-electron chi connectivity index (χ0n) is 11.7. The first-order valence-electron chi connectivity index (χ1n) is 7.20. The maximum Gasteiger partial charge on any atom is 0.222 e. The van der Waals surface area contributed by atoms with Crippen LogP contribution in [-0.2, 0) is 9.53 Å². The van der Waals surface area contributed by atoms with Gasteiger partial charge in [0, 0.05) is 38.2 Å². The average Bonchev–Trinajstić information content (AvgIpc) is 3.07. The van der Waals surface area contributed by atoms with E-state index in [1.165, 1.54) is 0 Å². The standard InChI is InChI=1S/C15H20N2O3/c1-2-14(18)17-8-6-15(11-17)9-12(10-19-15)20-13-5-3-4-7-16-13/h3-5,7,12H,2,6,8-11H2,1H3/t12-,15+/m1/s1. The minimum atomic E-state index is -0.204. The van der Waals surface area contributed by atoms with Gasteiger partial charge in [0.1, 0.15) is 6.10 Å². The Morgan fingerprint density at radius 1 is 1.60 bits per heavy atom. The van der Waals surface area contributed by atoms with Gasteiger partial charge in [-0.1, -0.05) is 13.0 Å². The third-order valence-corrected chi connectivity index (χ3v) is 4.07. The fourth-order valence-electron chi connectivity index (χ4n) is 3.03. The predicted molar refractivity (Wildman–Crippen MR) is 73.4 cm³/mol. The molecule has 1 aromatic heterocycles. The fraction of sp³-hybridized carbons (Fsp3) is 0.600. The molecule has 2 atom stereocenters. The quantitative estimate of drug-likeness (QED) is 0.842. The molecule has 0 radical (unpaired) electrons. The first-order chi connectivity index (χ1) is 9.71. The molecule has 2 saturated heterocycles. The van der Waals surface area contributed by atoms with Gasteiger partial charge in [0.25, 0.3) is 0 Å². The normalized spacial score (nSPS) is 29.1. The highest BCUT2D eigenvalue weighted by Gasteiger charge is 2.47. The molecule has 0 N–H and O–H groups in total. The molecule has 5 nitrogen and oxygen atoms in total. The van der Waals surface area contributed by atoms with Gasteiger partial charge in [-0.2, -0.15) is 0 Å². The number of aromatic nitrogens is 1. The molecule has 108 valence electrons. The molecule has 20 heavy (non-hydrogen) atoms. The summed E-state index contributed by atoms with van der Waals surface area (Å²) < 4.78 is 11.8. The molecule has 2 aliphatic heterocycles. The Balaban J connectivity index is 1.58. The van der Waals surface area contributed by atoms with Crippen molar-refractivity contribution in [3.8, 4) is 5.88 Å². The number of likely N-dealkylation sites (tertiary alicyclic amines) is 1. The summed E-state index contributed by atoms with van der Waals surface area (Å²) in [7, 11) is 0. The van der Waals surface area contributed by atoms with Crippen molar-refractivity contribution in [1.82, 2.24) is 9.88 Å². The minimum Gasteiger partial charge on any atom is -0.472 e. The van der Waals surface area contributed by atoms with Crippen molar-refractivity contribution in [3.05, 3.63) is 24.4 Å². The summed E-state index contributed by atoms with van der Waals surface area (Å²) in [5.41, 5.74) is -0.204. The highest BCUT2D eigenvalue weighted by atomic mass is 16.6. The van der Waals surface area contributed by atoms with E-state index < -0.39 is 0 Å². The van der Waals surface area contributed by atoms with E-state index in [9.17, 15) is 4.79 Å². The van der Waals surface area contributed by atoms with Crippen LogP contribution >= 0.6 is 0 Å². The van der Waals surface area contributed by atoms with Crippen molar-refractivity contribution in [2.75, 3.05) is 19.7 Å². The maximum absolute atomic E-state index is 11.8. The molecule has 0 saturated carbocycles. The number of hydrogen-bond donors (Lipinski definition) is 0. The lowest BCUT2D eigenvalue weighted by Crippen LogP contribution is -2.35. The van der Waals surface area contributed by atoms with E-state index in [0.717, 1.165) is 19.4 Å². The van der Waals surface area contributed by atoms with Crippen molar-refractivity contribution in [1.29, 1.82) is 0 Å². The highest BCUT2D eigenvalue weighted by Crippen LogP contribution is 2.36. The van der Waals surface area contributed by atoms with Crippen LogP contribution in [0.2, 0.25) is 0 Å². The van der Waals surface area contributed by atoms with Gasteiger partial charge < -0.3 is 14.4 Å². The van der Waals surface area contributed by atoms with E-state index in [1.54, 1.807) is 6.20 Å². The summed E-state index contributed by atoms with van der Waals surface area (Å²) in [5, 5.41) is 0. The van der Waals surface area contributed by atoms with Gasteiger partial charge in [0.05, 0.1) is 12.2 Å². The topological polar surface area (TPSA) is 51.7 Å². The van der Waals surface area contributed by atoms with Gasteiger partial charge in [0.15, 0.2) is 0 Å². The maximum atomic E-state index is 11.8. The van der Waals surface area contributed by atoms with Crippen molar-refractivity contribution < 1.29 is 14.3 Å². The van der Waals surface area contributed by atoms with Crippen LogP contribution in [0.25, 0.3) is 0 Å². The van der Waals surface area contributed by atoms with E-state index in [1.807, 2.05) is 30.0 Å². The molecule has 1 amide bonds. The lowest BCUT2D eigenvalue weighted by molar-refractivity contribution is -0.130. The van der Waals surface area contributed by atoms with E-state index >= 15 is 0 Å². The SMILES string of the molecule is CCC(=O)N1CC[C@]2(C[C@@H](Oc3ccccn3)CO2)C1. The van der Waals surface area contributed by atoms with Crippen LogP contribution in [0.4, 0.5) is 0 Å². The van der Waals surface area contributed by atoms with E-state index in [-0.39, 0.29) is 17.6 Å². The Bertz CT molecular complexity index is 479. The van der Waals surface area contributed by atoms with Crippen molar-refractivity contribution >= 4 is 5.91 Å². The Labute approximate surface area is 118 Å². The van der Waals surface area contributed by atoms with Crippen LogP contribution in [-0.4, -0.2) is 47.2 Å². The van der Waals surface area contributed by atoms with Crippen LogP contribution in [0.3, 0.4) is 0 Å². The predicted octanol–water partition coefficient (Wildman–Crippen LogP) is 1.63. The number of hydrogen-bond acceptors (Lipinski definition) is 4. The first kappa shape index (κ1) is 13.4. The Morgan fingerprint density at radius 3 is 3.25 bits per heavy atom. The van der Waals surface area contributed by atoms with Crippen LogP contribution in [0, 0.1) is 0 Å². The smallest absolute Gasteiger partial charge is 0.222 e. The highest BCUT2D eigenvalue weighted by molar-refractivity contribution is 5.76. The summed E-state index contributed by atoms with van der Waals surface area (Å²) in [5.74, 6) is 0.845. The molecule has 0 unspecified atom stereocenters. The molecule has 0 bridgehead atoms. The third-order valence-electron chi connectivity index (χ3n) is 4.07. The van der Waals surface area contributed by atoms with E-state index in [2.05, 4.69) is 4.98 Å². The monoisotopic (exact) mass is 276 g/mol. The molecular weight excluding hydrogens is 256 g/mol. The molecular formula is C15H20N2O3. The zero-order valence-corrected chi connectivity index (χ0v) is 11.7. The van der Waals surface area contributed by atoms with Gasteiger partial charge in [-0.25, -0.2) is 4.98 Å². The van der Waals surface area contributed by atoms with Gasteiger partial charge in [-0.3, -0.25) is 4.79 Å². The molecule has 2 fully saturated rings. The molecule has 3 heterocycles. The van der Waals surface area contributed by atoms with Gasteiger partial charge >= 0.3 is 0 Å². The third kappa shape index (κ3) is 2.63. The molecule has 3 rings (SSSR count).